The molecule has 1 aliphatic heterocycles. The molecule has 0 spiro atoms. The smallest absolute Gasteiger partial charge is 0.243 e. The molecular weight excluding hydrogens is 188 g/mol. The van der Waals surface area contributed by atoms with Crippen LogP contribution < -0.4 is 10.4 Å². The van der Waals surface area contributed by atoms with Gasteiger partial charge in [0.15, 0.2) is 0 Å². The molecule has 1 aromatic rings. The van der Waals surface area contributed by atoms with Crippen LogP contribution in [0.3, 0.4) is 0 Å². The van der Waals surface area contributed by atoms with E-state index in [1.165, 1.54) is 0 Å². The van der Waals surface area contributed by atoms with E-state index in [9.17, 15) is 4.79 Å². The highest BCUT2D eigenvalue weighted by Crippen LogP contribution is 2.25. The number of para-hydroxylation sites is 1. The molecule has 3 heteroatoms. The van der Waals surface area contributed by atoms with Crippen molar-refractivity contribution in [2.45, 2.75) is 26.3 Å². The molecule has 0 saturated carbocycles. The van der Waals surface area contributed by atoms with Crippen molar-refractivity contribution in [3.8, 4) is 0 Å². The Balaban J connectivity index is 2.23. The zero-order valence-electron chi connectivity index (χ0n) is 9.10. The number of rotatable bonds is 2. The highest BCUT2D eigenvalue weighted by molar-refractivity contribution is 5.85. The van der Waals surface area contributed by atoms with Crippen LogP contribution in [0.5, 0.6) is 0 Å². The molecule has 0 bridgehead atoms. The number of benzene rings is 1. The second-order valence-corrected chi connectivity index (χ2v) is 3.94. The van der Waals surface area contributed by atoms with Crippen LogP contribution in [0.2, 0.25) is 0 Å². The summed E-state index contributed by atoms with van der Waals surface area (Å²) < 4.78 is 0. The SMILES string of the molecule is CCC1C(=O)NN(c2ccccc2)C1C. The van der Waals surface area contributed by atoms with Crippen LogP contribution >= 0.6 is 0 Å². The Kier molecular flexibility index (Phi) is 2.62. The zero-order chi connectivity index (χ0) is 10.8. The minimum atomic E-state index is 0.102. The van der Waals surface area contributed by atoms with E-state index in [-0.39, 0.29) is 17.9 Å². The lowest BCUT2D eigenvalue weighted by Gasteiger charge is -2.23. The van der Waals surface area contributed by atoms with Gasteiger partial charge in [0.2, 0.25) is 5.91 Å². The van der Waals surface area contributed by atoms with Crippen molar-refractivity contribution in [2.75, 3.05) is 5.01 Å². The van der Waals surface area contributed by atoms with E-state index < -0.39 is 0 Å². The Morgan fingerprint density at radius 1 is 1.33 bits per heavy atom. The lowest BCUT2D eigenvalue weighted by Crippen LogP contribution is -2.37. The number of carbonyl (C=O) groups excluding carboxylic acids is 1. The van der Waals surface area contributed by atoms with Crippen LogP contribution in [0, 0.1) is 5.92 Å². The molecule has 1 heterocycles. The van der Waals surface area contributed by atoms with E-state index in [4.69, 9.17) is 0 Å². The van der Waals surface area contributed by atoms with E-state index in [2.05, 4.69) is 19.3 Å². The van der Waals surface area contributed by atoms with Gasteiger partial charge in [0.25, 0.3) is 0 Å². The van der Waals surface area contributed by atoms with Crippen molar-refractivity contribution in [1.29, 1.82) is 0 Å². The molecule has 1 amide bonds. The molecule has 15 heavy (non-hydrogen) atoms. The molecule has 1 fully saturated rings. The Bertz CT molecular complexity index is 350. The predicted octanol–water partition coefficient (Wildman–Crippen LogP) is 1.95. The van der Waals surface area contributed by atoms with Gasteiger partial charge in [-0.25, -0.2) is 0 Å². The Morgan fingerprint density at radius 3 is 2.53 bits per heavy atom. The number of nitrogens with zero attached hydrogens (tertiary/aromatic N) is 1. The summed E-state index contributed by atoms with van der Waals surface area (Å²) in [4.78, 5) is 11.6. The molecule has 0 radical (unpaired) electrons. The van der Waals surface area contributed by atoms with Gasteiger partial charge in [-0.3, -0.25) is 15.2 Å². The van der Waals surface area contributed by atoms with Crippen LogP contribution in [-0.4, -0.2) is 11.9 Å². The first-order chi connectivity index (χ1) is 7.24. The van der Waals surface area contributed by atoms with E-state index in [0.29, 0.717) is 0 Å². The number of anilines is 1. The van der Waals surface area contributed by atoms with E-state index >= 15 is 0 Å². The van der Waals surface area contributed by atoms with E-state index in [1.54, 1.807) is 0 Å². The zero-order valence-corrected chi connectivity index (χ0v) is 9.10. The normalized spacial score (nSPS) is 25.5. The number of hydrazine groups is 1. The predicted molar refractivity (Wildman–Crippen MR) is 60.3 cm³/mol. The third kappa shape index (κ3) is 1.69. The third-order valence-corrected chi connectivity index (χ3v) is 3.03. The third-order valence-electron chi connectivity index (χ3n) is 3.03. The summed E-state index contributed by atoms with van der Waals surface area (Å²) in [5, 5.41) is 1.95. The minimum absolute atomic E-state index is 0.102. The standard InChI is InChI=1S/C12H16N2O/c1-3-11-9(2)14(13-12(11)15)10-7-5-4-6-8-10/h4-9,11H,3H2,1-2H3,(H,13,15). The van der Waals surface area contributed by atoms with E-state index in [0.717, 1.165) is 12.1 Å². The van der Waals surface area contributed by atoms with Gasteiger partial charge in [-0.05, 0) is 25.5 Å². The molecule has 1 saturated heterocycles. The Hall–Kier alpha value is -1.51. The van der Waals surface area contributed by atoms with Crippen LogP contribution in [-0.2, 0) is 4.79 Å². The molecule has 3 nitrogen and oxygen atoms in total. The van der Waals surface area contributed by atoms with E-state index in [1.807, 2.05) is 35.3 Å². The molecule has 2 atom stereocenters. The summed E-state index contributed by atoms with van der Waals surface area (Å²) in [6.45, 7) is 4.13. The Labute approximate surface area is 90.1 Å². The van der Waals surface area contributed by atoms with Crippen LogP contribution in [0.15, 0.2) is 30.3 Å². The first kappa shape index (κ1) is 10.0. The van der Waals surface area contributed by atoms with Gasteiger partial charge in [-0.2, -0.15) is 0 Å². The number of amides is 1. The lowest BCUT2D eigenvalue weighted by molar-refractivity contribution is -0.122. The van der Waals surface area contributed by atoms with Crippen molar-refractivity contribution in [2.24, 2.45) is 5.92 Å². The average molecular weight is 204 g/mol. The van der Waals surface area contributed by atoms with Crippen molar-refractivity contribution in [3.63, 3.8) is 0 Å². The van der Waals surface area contributed by atoms with Gasteiger partial charge in [0, 0.05) is 0 Å². The first-order valence-corrected chi connectivity index (χ1v) is 5.38. The molecule has 2 rings (SSSR count). The summed E-state index contributed by atoms with van der Waals surface area (Å²) in [6, 6.07) is 10.2. The number of carbonyl (C=O) groups is 1. The molecule has 2 unspecified atom stereocenters. The topological polar surface area (TPSA) is 32.3 Å². The fraction of sp³-hybridized carbons (Fsp3) is 0.417. The fourth-order valence-electron chi connectivity index (χ4n) is 2.12. The van der Waals surface area contributed by atoms with Gasteiger partial charge < -0.3 is 0 Å². The van der Waals surface area contributed by atoms with Crippen molar-refractivity contribution in [1.82, 2.24) is 5.43 Å². The number of hydrogen-bond donors (Lipinski definition) is 1. The second-order valence-electron chi connectivity index (χ2n) is 3.94. The number of hydrogen-bond acceptors (Lipinski definition) is 2. The van der Waals surface area contributed by atoms with Crippen LogP contribution in [0.4, 0.5) is 5.69 Å². The van der Waals surface area contributed by atoms with Gasteiger partial charge in [-0.15, -0.1) is 0 Å². The average Bonchev–Trinajstić information content (AvgIpc) is 2.55. The molecule has 0 aliphatic carbocycles. The monoisotopic (exact) mass is 204 g/mol. The molecular formula is C12H16N2O. The molecule has 1 N–H and O–H groups in total. The molecule has 0 aromatic heterocycles. The lowest BCUT2D eigenvalue weighted by atomic mass is 9.99. The van der Waals surface area contributed by atoms with Gasteiger partial charge in [0.05, 0.1) is 17.6 Å². The van der Waals surface area contributed by atoms with Gasteiger partial charge >= 0.3 is 0 Å². The maximum atomic E-state index is 11.6. The highest BCUT2D eigenvalue weighted by Gasteiger charge is 2.36. The quantitative estimate of drug-likeness (QED) is 0.798. The van der Waals surface area contributed by atoms with Crippen molar-refractivity contribution < 1.29 is 4.79 Å². The van der Waals surface area contributed by atoms with Crippen LogP contribution in [0.25, 0.3) is 0 Å². The van der Waals surface area contributed by atoms with Crippen molar-refractivity contribution >= 4 is 11.6 Å². The van der Waals surface area contributed by atoms with Crippen molar-refractivity contribution in [3.05, 3.63) is 30.3 Å². The maximum absolute atomic E-state index is 11.6. The van der Waals surface area contributed by atoms with Gasteiger partial charge in [0.1, 0.15) is 0 Å². The molecule has 1 aliphatic rings. The largest absolute Gasteiger partial charge is 0.282 e. The Morgan fingerprint density at radius 2 is 2.00 bits per heavy atom. The molecule has 1 aromatic carbocycles. The summed E-state index contributed by atoms with van der Waals surface area (Å²) in [5.41, 5.74) is 3.97. The molecule has 80 valence electrons. The fourth-order valence-corrected chi connectivity index (χ4v) is 2.12. The number of nitrogens with one attached hydrogen (secondary N) is 1. The van der Waals surface area contributed by atoms with Gasteiger partial charge in [-0.1, -0.05) is 25.1 Å². The minimum Gasteiger partial charge on any atom is -0.282 e. The summed E-state index contributed by atoms with van der Waals surface area (Å²) in [5.74, 6) is 0.235. The maximum Gasteiger partial charge on any atom is 0.243 e. The first-order valence-electron chi connectivity index (χ1n) is 5.38. The van der Waals surface area contributed by atoms with Crippen LogP contribution in [0.1, 0.15) is 20.3 Å². The summed E-state index contributed by atoms with van der Waals surface area (Å²) in [7, 11) is 0. The highest BCUT2D eigenvalue weighted by atomic mass is 16.2. The summed E-state index contributed by atoms with van der Waals surface area (Å²) in [6.07, 6.45) is 0.885. The summed E-state index contributed by atoms with van der Waals surface area (Å²) >= 11 is 0. The second kappa shape index (κ2) is 3.93.